The Morgan fingerprint density at radius 3 is 2.60 bits per heavy atom. The number of nitrogen functional groups attached to an aromatic ring is 1. The molecule has 1 aromatic rings. The molecule has 6 heteroatoms. The summed E-state index contributed by atoms with van der Waals surface area (Å²) in [5.74, 6) is 0. The smallest absolute Gasteiger partial charge is 0.241 e. The number of nitrogens with two attached hydrogens (primary N) is 1. The van der Waals surface area contributed by atoms with Crippen molar-refractivity contribution in [1.82, 2.24) is 4.72 Å². The summed E-state index contributed by atoms with van der Waals surface area (Å²) < 4.78 is 28.2. The SMILES string of the molecule is CCCCCC(C)NS(=O)(=O)c1cc(Br)cc(N)c1C. The van der Waals surface area contributed by atoms with Gasteiger partial charge in [-0.15, -0.1) is 0 Å². The van der Waals surface area contributed by atoms with E-state index in [2.05, 4.69) is 27.6 Å². The maximum atomic E-state index is 12.4. The average Bonchev–Trinajstić information content (AvgIpc) is 2.33. The molecule has 1 aromatic carbocycles. The quantitative estimate of drug-likeness (QED) is 0.574. The third-order valence-electron chi connectivity index (χ3n) is 3.25. The van der Waals surface area contributed by atoms with E-state index in [1.54, 1.807) is 19.1 Å². The summed E-state index contributed by atoms with van der Waals surface area (Å²) in [7, 11) is -3.53. The van der Waals surface area contributed by atoms with Crippen LogP contribution in [0.25, 0.3) is 0 Å². The second kappa shape index (κ2) is 7.43. The van der Waals surface area contributed by atoms with Crippen LogP contribution in [0.2, 0.25) is 0 Å². The molecular weight excluding hydrogens is 340 g/mol. The van der Waals surface area contributed by atoms with Crippen LogP contribution in [-0.2, 0) is 10.0 Å². The van der Waals surface area contributed by atoms with Crippen LogP contribution in [-0.4, -0.2) is 14.5 Å². The highest BCUT2D eigenvalue weighted by Crippen LogP contribution is 2.26. The Bertz CT molecular complexity index is 559. The Morgan fingerprint density at radius 2 is 2.00 bits per heavy atom. The van der Waals surface area contributed by atoms with Gasteiger partial charge in [-0.25, -0.2) is 13.1 Å². The Kier molecular flexibility index (Phi) is 6.48. The van der Waals surface area contributed by atoms with Gasteiger partial charge in [0, 0.05) is 16.2 Å². The van der Waals surface area contributed by atoms with Gasteiger partial charge in [-0.3, -0.25) is 0 Å². The number of benzene rings is 1. The van der Waals surface area contributed by atoms with Crippen LogP contribution >= 0.6 is 15.9 Å². The van der Waals surface area contributed by atoms with Crippen molar-refractivity contribution in [3.05, 3.63) is 22.2 Å². The van der Waals surface area contributed by atoms with Gasteiger partial charge in [0.1, 0.15) is 0 Å². The summed E-state index contributed by atoms with van der Waals surface area (Å²) in [6.45, 7) is 5.74. The Balaban J connectivity index is 2.89. The third kappa shape index (κ3) is 4.75. The molecule has 0 radical (unpaired) electrons. The van der Waals surface area contributed by atoms with E-state index in [1.807, 2.05) is 6.92 Å². The monoisotopic (exact) mass is 362 g/mol. The van der Waals surface area contributed by atoms with E-state index in [0.717, 1.165) is 25.7 Å². The number of hydrogen-bond donors (Lipinski definition) is 2. The molecule has 0 fully saturated rings. The molecule has 1 unspecified atom stereocenters. The van der Waals surface area contributed by atoms with Gasteiger partial charge in [-0.2, -0.15) is 0 Å². The molecule has 0 spiro atoms. The van der Waals surface area contributed by atoms with Crippen molar-refractivity contribution in [3.63, 3.8) is 0 Å². The van der Waals surface area contributed by atoms with Crippen molar-refractivity contribution in [1.29, 1.82) is 0 Å². The highest BCUT2D eigenvalue weighted by molar-refractivity contribution is 9.10. The molecule has 0 aromatic heterocycles. The molecule has 0 aliphatic rings. The lowest BCUT2D eigenvalue weighted by Crippen LogP contribution is -2.33. The van der Waals surface area contributed by atoms with Gasteiger partial charge in [-0.05, 0) is 38.0 Å². The topological polar surface area (TPSA) is 72.2 Å². The van der Waals surface area contributed by atoms with Gasteiger partial charge in [0.05, 0.1) is 4.90 Å². The van der Waals surface area contributed by atoms with Crippen molar-refractivity contribution in [2.24, 2.45) is 0 Å². The first-order valence-corrected chi connectivity index (χ1v) is 9.13. The van der Waals surface area contributed by atoms with E-state index in [-0.39, 0.29) is 10.9 Å². The van der Waals surface area contributed by atoms with Crippen molar-refractivity contribution < 1.29 is 8.42 Å². The number of halogens is 1. The summed E-state index contributed by atoms with van der Waals surface area (Å²) in [4.78, 5) is 0.242. The molecule has 0 saturated carbocycles. The lowest BCUT2D eigenvalue weighted by Gasteiger charge is -2.16. The lowest BCUT2D eigenvalue weighted by atomic mass is 10.1. The van der Waals surface area contributed by atoms with Crippen LogP contribution in [0.3, 0.4) is 0 Å². The van der Waals surface area contributed by atoms with E-state index in [9.17, 15) is 8.42 Å². The molecule has 20 heavy (non-hydrogen) atoms. The number of anilines is 1. The number of unbranched alkanes of at least 4 members (excludes halogenated alkanes) is 2. The van der Waals surface area contributed by atoms with Crippen LogP contribution < -0.4 is 10.5 Å². The van der Waals surface area contributed by atoms with E-state index in [1.165, 1.54) is 0 Å². The van der Waals surface area contributed by atoms with Crippen molar-refractivity contribution in [3.8, 4) is 0 Å². The summed E-state index contributed by atoms with van der Waals surface area (Å²) in [5, 5.41) is 0. The van der Waals surface area contributed by atoms with E-state index < -0.39 is 10.0 Å². The lowest BCUT2D eigenvalue weighted by molar-refractivity contribution is 0.527. The summed E-state index contributed by atoms with van der Waals surface area (Å²) >= 11 is 3.28. The summed E-state index contributed by atoms with van der Waals surface area (Å²) in [6.07, 6.45) is 4.12. The van der Waals surface area contributed by atoms with Crippen LogP contribution in [0.15, 0.2) is 21.5 Å². The molecule has 114 valence electrons. The Hall–Kier alpha value is -0.590. The van der Waals surface area contributed by atoms with E-state index in [0.29, 0.717) is 15.7 Å². The van der Waals surface area contributed by atoms with Crippen LogP contribution in [0.5, 0.6) is 0 Å². The minimum absolute atomic E-state index is 0.0776. The highest BCUT2D eigenvalue weighted by Gasteiger charge is 2.21. The van der Waals surface area contributed by atoms with Gasteiger partial charge >= 0.3 is 0 Å². The molecule has 0 saturated heterocycles. The number of rotatable bonds is 7. The zero-order chi connectivity index (χ0) is 15.3. The number of nitrogens with one attached hydrogen (secondary N) is 1. The fourth-order valence-corrected chi connectivity index (χ4v) is 4.25. The summed E-state index contributed by atoms with van der Waals surface area (Å²) in [5.41, 5.74) is 6.88. The van der Waals surface area contributed by atoms with Gasteiger partial charge in [0.15, 0.2) is 0 Å². The number of sulfonamides is 1. The largest absolute Gasteiger partial charge is 0.398 e. The highest BCUT2D eigenvalue weighted by atomic mass is 79.9. The fraction of sp³-hybridized carbons (Fsp3) is 0.571. The molecule has 0 heterocycles. The van der Waals surface area contributed by atoms with Crippen LogP contribution in [0.4, 0.5) is 5.69 Å². The molecule has 1 atom stereocenters. The first-order chi connectivity index (χ1) is 9.27. The second-order valence-corrected chi connectivity index (χ2v) is 7.73. The molecular formula is C14H23BrN2O2S. The molecule has 0 amide bonds. The zero-order valence-corrected chi connectivity index (χ0v) is 14.6. The molecule has 1 rings (SSSR count). The first kappa shape index (κ1) is 17.5. The van der Waals surface area contributed by atoms with Crippen LogP contribution in [0, 0.1) is 6.92 Å². The molecule has 0 bridgehead atoms. The fourth-order valence-electron chi connectivity index (χ4n) is 2.04. The minimum Gasteiger partial charge on any atom is -0.398 e. The molecule has 0 aliphatic carbocycles. The minimum atomic E-state index is -3.53. The zero-order valence-electron chi connectivity index (χ0n) is 12.2. The van der Waals surface area contributed by atoms with Gasteiger partial charge in [0.2, 0.25) is 10.0 Å². The second-order valence-electron chi connectivity index (χ2n) is 5.14. The van der Waals surface area contributed by atoms with E-state index >= 15 is 0 Å². The van der Waals surface area contributed by atoms with Gasteiger partial charge < -0.3 is 5.73 Å². The predicted octanol–water partition coefficient (Wildman–Crippen LogP) is 3.59. The average molecular weight is 363 g/mol. The third-order valence-corrected chi connectivity index (χ3v) is 5.43. The van der Waals surface area contributed by atoms with E-state index in [4.69, 9.17) is 5.73 Å². The molecule has 0 aliphatic heterocycles. The predicted molar refractivity (Wildman–Crippen MR) is 87.2 cm³/mol. The Morgan fingerprint density at radius 1 is 1.35 bits per heavy atom. The number of hydrogen-bond acceptors (Lipinski definition) is 3. The van der Waals surface area contributed by atoms with Crippen molar-refractivity contribution >= 4 is 31.6 Å². The maximum Gasteiger partial charge on any atom is 0.241 e. The van der Waals surface area contributed by atoms with Gasteiger partial charge in [-0.1, -0.05) is 42.1 Å². The first-order valence-electron chi connectivity index (χ1n) is 6.86. The van der Waals surface area contributed by atoms with Gasteiger partial charge in [0.25, 0.3) is 0 Å². The van der Waals surface area contributed by atoms with Crippen LogP contribution in [0.1, 0.15) is 45.1 Å². The Labute approximate surface area is 130 Å². The maximum absolute atomic E-state index is 12.4. The normalized spacial score (nSPS) is 13.4. The standard InChI is InChI=1S/C14H23BrN2O2S/c1-4-5-6-7-10(2)17-20(18,19)14-9-12(15)8-13(16)11(14)3/h8-10,17H,4-7,16H2,1-3H3. The molecule has 4 nitrogen and oxygen atoms in total. The van der Waals surface area contributed by atoms with Crippen molar-refractivity contribution in [2.75, 3.05) is 5.73 Å². The molecule has 3 N–H and O–H groups in total. The van der Waals surface area contributed by atoms with Crippen molar-refractivity contribution in [2.45, 2.75) is 57.4 Å². The summed E-state index contributed by atoms with van der Waals surface area (Å²) in [6, 6.07) is 3.22.